The number of carbonyl (C=O) groups excluding carboxylic acids is 1. The number of rotatable bonds is 7. The SMILES string of the molecule is CCC(CC)(CN)NC(=O)COc1ccccc1Cl.Cl. The zero-order valence-corrected chi connectivity index (χ0v) is 13.4. The molecule has 0 aliphatic rings. The van der Waals surface area contributed by atoms with Gasteiger partial charge in [-0.2, -0.15) is 0 Å². The monoisotopic (exact) mass is 320 g/mol. The number of nitrogens with two attached hydrogens (primary N) is 1. The molecule has 3 N–H and O–H groups in total. The highest BCUT2D eigenvalue weighted by Gasteiger charge is 2.26. The van der Waals surface area contributed by atoms with Gasteiger partial charge >= 0.3 is 0 Å². The standard InChI is InChI=1S/C14H21ClN2O2.ClH/c1-3-14(4-2,10-16)17-13(18)9-19-12-8-6-5-7-11(12)15;/h5-8H,3-4,9-10,16H2,1-2H3,(H,17,18);1H. The second kappa shape index (κ2) is 9.06. The van der Waals surface area contributed by atoms with Crippen molar-refractivity contribution in [3.05, 3.63) is 29.3 Å². The van der Waals surface area contributed by atoms with E-state index >= 15 is 0 Å². The molecule has 0 bridgehead atoms. The second-order valence-corrected chi connectivity index (χ2v) is 4.87. The molecule has 0 fully saturated rings. The molecule has 1 amide bonds. The normalized spacial score (nSPS) is 10.6. The summed E-state index contributed by atoms with van der Waals surface area (Å²) in [6, 6.07) is 7.06. The van der Waals surface area contributed by atoms with Crippen LogP contribution in [0.5, 0.6) is 5.75 Å². The number of halogens is 2. The zero-order valence-electron chi connectivity index (χ0n) is 11.8. The van der Waals surface area contributed by atoms with Gasteiger partial charge in [-0.1, -0.05) is 37.6 Å². The smallest absolute Gasteiger partial charge is 0.258 e. The Kier molecular flexibility index (Phi) is 8.62. The van der Waals surface area contributed by atoms with Crippen LogP contribution in [0.4, 0.5) is 0 Å². The fourth-order valence-corrected chi connectivity index (χ4v) is 1.99. The molecule has 1 aromatic rings. The lowest BCUT2D eigenvalue weighted by Crippen LogP contribution is -2.54. The van der Waals surface area contributed by atoms with Gasteiger partial charge in [0.05, 0.1) is 10.6 Å². The second-order valence-electron chi connectivity index (χ2n) is 4.46. The van der Waals surface area contributed by atoms with Crippen LogP contribution in [0.3, 0.4) is 0 Å². The number of amides is 1. The molecule has 0 aromatic heterocycles. The maximum absolute atomic E-state index is 11.9. The van der Waals surface area contributed by atoms with E-state index in [0.717, 1.165) is 12.8 Å². The van der Waals surface area contributed by atoms with Crippen LogP contribution in [0.25, 0.3) is 0 Å². The molecular formula is C14H22Cl2N2O2. The van der Waals surface area contributed by atoms with Gasteiger partial charge in [-0.25, -0.2) is 0 Å². The number of para-hydroxylation sites is 1. The van der Waals surface area contributed by atoms with E-state index < -0.39 is 0 Å². The van der Waals surface area contributed by atoms with Crippen molar-refractivity contribution in [2.45, 2.75) is 32.2 Å². The molecule has 0 saturated heterocycles. The highest BCUT2D eigenvalue weighted by Crippen LogP contribution is 2.23. The molecule has 0 saturated carbocycles. The average molecular weight is 321 g/mol. The van der Waals surface area contributed by atoms with Gasteiger partial charge < -0.3 is 15.8 Å². The zero-order chi connectivity index (χ0) is 14.3. The first-order chi connectivity index (χ1) is 9.06. The molecule has 0 spiro atoms. The first-order valence-corrected chi connectivity index (χ1v) is 6.83. The summed E-state index contributed by atoms with van der Waals surface area (Å²) in [6.45, 7) is 4.36. The Balaban J connectivity index is 0.00000361. The van der Waals surface area contributed by atoms with Crippen LogP contribution in [-0.2, 0) is 4.79 Å². The van der Waals surface area contributed by atoms with Crippen LogP contribution in [0.1, 0.15) is 26.7 Å². The molecule has 0 aliphatic heterocycles. The predicted molar refractivity (Wildman–Crippen MR) is 84.7 cm³/mol. The molecule has 0 aliphatic carbocycles. The van der Waals surface area contributed by atoms with Gasteiger partial charge in [0.2, 0.25) is 0 Å². The van der Waals surface area contributed by atoms with Gasteiger partial charge in [-0.3, -0.25) is 4.79 Å². The largest absolute Gasteiger partial charge is 0.482 e. The summed E-state index contributed by atoms with van der Waals surface area (Å²) < 4.78 is 5.39. The van der Waals surface area contributed by atoms with Gasteiger partial charge in [0.25, 0.3) is 5.91 Å². The summed E-state index contributed by atoms with van der Waals surface area (Å²) in [5, 5.41) is 3.43. The topological polar surface area (TPSA) is 64.3 Å². The number of hydrogen-bond donors (Lipinski definition) is 2. The van der Waals surface area contributed by atoms with Gasteiger partial charge in [0.15, 0.2) is 6.61 Å². The Morgan fingerprint density at radius 2 is 1.95 bits per heavy atom. The number of ether oxygens (including phenoxy) is 1. The molecule has 0 radical (unpaired) electrons. The van der Waals surface area contributed by atoms with Crippen LogP contribution < -0.4 is 15.8 Å². The summed E-state index contributed by atoms with van der Waals surface area (Å²) in [4.78, 5) is 11.9. The Hall–Kier alpha value is -0.970. The Morgan fingerprint density at radius 3 is 2.45 bits per heavy atom. The average Bonchev–Trinajstić information content (AvgIpc) is 2.44. The fourth-order valence-electron chi connectivity index (χ4n) is 1.80. The molecule has 0 heterocycles. The number of carbonyl (C=O) groups is 1. The summed E-state index contributed by atoms with van der Waals surface area (Å²) in [7, 11) is 0. The summed E-state index contributed by atoms with van der Waals surface area (Å²) >= 11 is 5.95. The Labute approximate surface area is 131 Å². The van der Waals surface area contributed by atoms with E-state index in [-0.39, 0.29) is 30.5 Å². The van der Waals surface area contributed by atoms with E-state index in [1.165, 1.54) is 0 Å². The maximum Gasteiger partial charge on any atom is 0.258 e. The fraction of sp³-hybridized carbons (Fsp3) is 0.500. The van der Waals surface area contributed by atoms with Crippen molar-refractivity contribution in [3.8, 4) is 5.75 Å². The van der Waals surface area contributed by atoms with E-state index in [9.17, 15) is 4.79 Å². The van der Waals surface area contributed by atoms with E-state index in [1.54, 1.807) is 18.2 Å². The van der Waals surface area contributed by atoms with E-state index in [1.807, 2.05) is 19.9 Å². The minimum absolute atomic E-state index is 0. The summed E-state index contributed by atoms with van der Waals surface area (Å²) in [6.07, 6.45) is 1.58. The lowest BCUT2D eigenvalue weighted by atomic mass is 9.93. The lowest BCUT2D eigenvalue weighted by Gasteiger charge is -2.31. The molecule has 1 rings (SSSR count). The van der Waals surface area contributed by atoms with Crippen molar-refractivity contribution in [1.82, 2.24) is 5.32 Å². The van der Waals surface area contributed by atoms with Crippen molar-refractivity contribution >= 4 is 29.9 Å². The van der Waals surface area contributed by atoms with E-state index in [0.29, 0.717) is 17.3 Å². The molecule has 4 nitrogen and oxygen atoms in total. The summed E-state index contributed by atoms with van der Waals surface area (Å²) in [5.74, 6) is 0.319. The first kappa shape index (κ1) is 19.0. The molecule has 0 unspecified atom stereocenters. The van der Waals surface area contributed by atoms with E-state index in [2.05, 4.69) is 5.32 Å². The molecule has 0 atom stereocenters. The van der Waals surface area contributed by atoms with Crippen molar-refractivity contribution in [2.24, 2.45) is 5.73 Å². The highest BCUT2D eigenvalue weighted by molar-refractivity contribution is 6.32. The minimum Gasteiger partial charge on any atom is -0.482 e. The third-order valence-electron chi connectivity index (χ3n) is 3.34. The van der Waals surface area contributed by atoms with Crippen molar-refractivity contribution in [2.75, 3.05) is 13.2 Å². The molecule has 1 aromatic carbocycles. The van der Waals surface area contributed by atoms with Crippen LogP contribution in [0.15, 0.2) is 24.3 Å². The quantitative estimate of drug-likeness (QED) is 0.812. The Bertz CT molecular complexity index is 415. The van der Waals surface area contributed by atoms with E-state index in [4.69, 9.17) is 22.1 Å². The van der Waals surface area contributed by atoms with Crippen molar-refractivity contribution < 1.29 is 9.53 Å². The van der Waals surface area contributed by atoms with Gasteiger partial charge in [-0.05, 0) is 25.0 Å². The van der Waals surface area contributed by atoms with Crippen LogP contribution >= 0.6 is 24.0 Å². The van der Waals surface area contributed by atoms with Gasteiger partial charge in [0.1, 0.15) is 5.75 Å². The third kappa shape index (κ3) is 5.19. The van der Waals surface area contributed by atoms with Crippen molar-refractivity contribution in [1.29, 1.82) is 0 Å². The minimum atomic E-state index is -0.346. The predicted octanol–water partition coefficient (Wildman–Crippen LogP) is 2.77. The molecule has 20 heavy (non-hydrogen) atoms. The Morgan fingerprint density at radius 1 is 1.35 bits per heavy atom. The first-order valence-electron chi connectivity index (χ1n) is 6.45. The van der Waals surface area contributed by atoms with Crippen LogP contribution in [-0.4, -0.2) is 24.6 Å². The van der Waals surface area contributed by atoms with Crippen LogP contribution in [0.2, 0.25) is 5.02 Å². The number of nitrogens with one attached hydrogen (secondary N) is 1. The van der Waals surface area contributed by atoms with Crippen LogP contribution in [0, 0.1) is 0 Å². The molecular weight excluding hydrogens is 299 g/mol. The van der Waals surface area contributed by atoms with Gasteiger partial charge in [0, 0.05) is 6.54 Å². The third-order valence-corrected chi connectivity index (χ3v) is 3.66. The highest BCUT2D eigenvalue weighted by atomic mass is 35.5. The molecule has 114 valence electrons. The van der Waals surface area contributed by atoms with Gasteiger partial charge in [-0.15, -0.1) is 12.4 Å². The molecule has 6 heteroatoms. The summed E-state index contributed by atoms with van der Waals surface area (Å²) in [5.41, 5.74) is 5.39. The maximum atomic E-state index is 11.9. The van der Waals surface area contributed by atoms with Crippen molar-refractivity contribution in [3.63, 3.8) is 0 Å². The number of hydrogen-bond acceptors (Lipinski definition) is 3. The lowest BCUT2D eigenvalue weighted by molar-refractivity contribution is -0.125. The number of benzene rings is 1.